The van der Waals surface area contributed by atoms with Crippen molar-refractivity contribution < 1.29 is 13.0 Å². The van der Waals surface area contributed by atoms with Crippen molar-refractivity contribution in [3.63, 3.8) is 0 Å². The molecule has 0 aliphatic rings. The number of hydrogen-bond acceptors (Lipinski definition) is 2. The van der Waals surface area contributed by atoms with E-state index in [1.54, 1.807) is 18.2 Å². The van der Waals surface area contributed by atoms with Crippen molar-refractivity contribution in [1.29, 1.82) is 0 Å². The van der Waals surface area contributed by atoms with E-state index in [1.165, 1.54) is 12.1 Å². The van der Waals surface area contributed by atoms with Crippen LogP contribution in [0.3, 0.4) is 0 Å². The van der Waals surface area contributed by atoms with Gasteiger partial charge in [-0.1, -0.05) is 41.9 Å². The molecule has 0 aliphatic heterocycles. The van der Waals surface area contributed by atoms with E-state index in [2.05, 4.69) is 0 Å². The molecule has 0 unspecified atom stereocenters. The highest BCUT2D eigenvalue weighted by atomic mass is 35.5. The minimum absolute atomic E-state index is 0.131. The molecule has 17 heavy (non-hydrogen) atoms. The molecular formula is C12H9ClO3S. The molecular weight excluding hydrogens is 260 g/mol. The van der Waals surface area contributed by atoms with Gasteiger partial charge in [0.1, 0.15) is 0 Å². The van der Waals surface area contributed by atoms with Gasteiger partial charge in [0.2, 0.25) is 0 Å². The molecule has 2 aromatic rings. The number of halogens is 1. The van der Waals surface area contributed by atoms with Gasteiger partial charge in [-0.3, -0.25) is 4.55 Å². The maximum absolute atomic E-state index is 10.9. The molecule has 0 radical (unpaired) electrons. The smallest absolute Gasteiger partial charge is 0.282 e. The Balaban J connectivity index is 2.47. The molecule has 0 aliphatic carbocycles. The molecule has 0 heterocycles. The lowest BCUT2D eigenvalue weighted by Crippen LogP contribution is -1.97. The first-order valence-electron chi connectivity index (χ1n) is 4.81. The van der Waals surface area contributed by atoms with Gasteiger partial charge in [-0.15, -0.1) is 0 Å². The highest BCUT2D eigenvalue weighted by Crippen LogP contribution is 2.28. The average Bonchev–Trinajstić information content (AvgIpc) is 2.29. The number of rotatable bonds is 2. The molecule has 3 nitrogen and oxygen atoms in total. The quantitative estimate of drug-likeness (QED) is 0.851. The Morgan fingerprint density at radius 3 is 2.06 bits per heavy atom. The van der Waals surface area contributed by atoms with Gasteiger partial charge in [0.15, 0.2) is 0 Å². The predicted octanol–water partition coefficient (Wildman–Crippen LogP) is 3.25. The summed E-state index contributed by atoms with van der Waals surface area (Å²) in [5.74, 6) is 0. The van der Waals surface area contributed by atoms with Crippen LogP contribution in [-0.4, -0.2) is 13.0 Å². The third-order valence-corrected chi connectivity index (χ3v) is 3.53. The van der Waals surface area contributed by atoms with Crippen LogP contribution in [0.1, 0.15) is 0 Å². The molecule has 0 saturated carbocycles. The minimum Gasteiger partial charge on any atom is -0.282 e. The lowest BCUT2D eigenvalue weighted by molar-refractivity contribution is 0.483. The van der Waals surface area contributed by atoms with Gasteiger partial charge in [-0.25, -0.2) is 0 Å². The van der Waals surface area contributed by atoms with Crippen molar-refractivity contribution in [3.8, 4) is 11.1 Å². The third-order valence-electron chi connectivity index (χ3n) is 2.34. The predicted molar refractivity (Wildman–Crippen MR) is 66.7 cm³/mol. The lowest BCUT2D eigenvalue weighted by Gasteiger charge is -2.04. The van der Waals surface area contributed by atoms with Gasteiger partial charge in [0, 0.05) is 10.6 Å². The van der Waals surface area contributed by atoms with Crippen LogP contribution in [0.25, 0.3) is 11.1 Å². The van der Waals surface area contributed by atoms with E-state index in [0.717, 1.165) is 11.1 Å². The first-order chi connectivity index (χ1) is 7.98. The fraction of sp³-hybridized carbons (Fsp3) is 0. The van der Waals surface area contributed by atoms with E-state index in [9.17, 15) is 8.42 Å². The highest BCUT2D eigenvalue weighted by molar-refractivity contribution is 7.85. The molecule has 88 valence electrons. The monoisotopic (exact) mass is 268 g/mol. The summed E-state index contributed by atoms with van der Waals surface area (Å²) >= 11 is 6.02. The molecule has 1 N–H and O–H groups in total. The van der Waals surface area contributed by atoms with Crippen LogP contribution >= 0.6 is 11.6 Å². The average molecular weight is 269 g/mol. The normalized spacial score (nSPS) is 11.4. The van der Waals surface area contributed by atoms with E-state index >= 15 is 0 Å². The standard InChI is InChI=1S/C12H9ClO3S/c13-12-4-2-1-3-11(12)9-5-7-10(8-6-9)17(14,15)16/h1-8H,(H,14,15,16). The molecule has 0 saturated heterocycles. The van der Waals surface area contributed by atoms with Crippen molar-refractivity contribution >= 4 is 21.7 Å². The van der Waals surface area contributed by atoms with Crippen LogP contribution < -0.4 is 0 Å². The van der Waals surface area contributed by atoms with Gasteiger partial charge < -0.3 is 0 Å². The molecule has 2 rings (SSSR count). The first kappa shape index (κ1) is 12.1. The molecule has 2 aromatic carbocycles. The second-order valence-corrected chi connectivity index (χ2v) is 5.31. The third kappa shape index (κ3) is 2.66. The van der Waals surface area contributed by atoms with Crippen molar-refractivity contribution in [3.05, 3.63) is 53.6 Å². The molecule has 0 amide bonds. The van der Waals surface area contributed by atoms with Crippen LogP contribution in [0.5, 0.6) is 0 Å². The number of hydrogen-bond donors (Lipinski definition) is 1. The van der Waals surface area contributed by atoms with Crippen molar-refractivity contribution in [2.45, 2.75) is 4.90 Å². The van der Waals surface area contributed by atoms with Gasteiger partial charge in [-0.05, 0) is 23.8 Å². The lowest BCUT2D eigenvalue weighted by atomic mass is 10.1. The summed E-state index contributed by atoms with van der Waals surface area (Å²) in [6.45, 7) is 0. The fourth-order valence-corrected chi connectivity index (χ4v) is 2.23. The topological polar surface area (TPSA) is 54.4 Å². The van der Waals surface area contributed by atoms with E-state index in [4.69, 9.17) is 16.2 Å². The summed E-state index contributed by atoms with van der Waals surface area (Å²) in [6, 6.07) is 13.1. The van der Waals surface area contributed by atoms with E-state index in [0.29, 0.717) is 5.02 Å². The van der Waals surface area contributed by atoms with Gasteiger partial charge in [0.05, 0.1) is 4.90 Å². The Labute approximate surface area is 104 Å². The van der Waals surface area contributed by atoms with Gasteiger partial charge in [-0.2, -0.15) is 8.42 Å². The molecule has 0 aromatic heterocycles. The summed E-state index contributed by atoms with van der Waals surface area (Å²) in [5, 5.41) is 0.590. The summed E-state index contributed by atoms with van der Waals surface area (Å²) in [6.07, 6.45) is 0. The van der Waals surface area contributed by atoms with E-state index < -0.39 is 10.1 Å². The Morgan fingerprint density at radius 1 is 0.941 bits per heavy atom. The second kappa shape index (κ2) is 4.49. The Morgan fingerprint density at radius 2 is 1.53 bits per heavy atom. The summed E-state index contributed by atoms with van der Waals surface area (Å²) in [4.78, 5) is -0.131. The minimum atomic E-state index is -4.14. The summed E-state index contributed by atoms with van der Waals surface area (Å²) in [7, 11) is -4.14. The Kier molecular flexibility index (Phi) is 3.19. The SMILES string of the molecule is O=S(=O)(O)c1ccc(-c2ccccc2Cl)cc1. The van der Waals surface area contributed by atoms with Crippen molar-refractivity contribution in [2.75, 3.05) is 0 Å². The zero-order valence-electron chi connectivity index (χ0n) is 8.67. The Bertz CT molecular complexity index is 633. The molecule has 5 heteroatoms. The molecule has 0 bridgehead atoms. The van der Waals surface area contributed by atoms with E-state index in [-0.39, 0.29) is 4.90 Å². The van der Waals surface area contributed by atoms with Crippen LogP contribution in [-0.2, 0) is 10.1 Å². The first-order valence-corrected chi connectivity index (χ1v) is 6.63. The molecule has 0 atom stereocenters. The van der Waals surface area contributed by atoms with E-state index in [1.807, 2.05) is 18.2 Å². The van der Waals surface area contributed by atoms with Crippen LogP contribution in [0, 0.1) is 0 Å². The van der Waals surface area contributed by atoms with Crippen LogP contribution in [0.2, 0.25) is 5.02 Å². The maximum Gasteiger partial charge on any atom is 0.294 e. The largest absolute Gasteiger partial charge is 0.294 e. The summed E-state index contributed by atoms with van der Waals surface area (Å²) < 4.78 is 30.6. The highest BCUT2D eigenvalue weighted by Gasteiger charge is 2.09. The second-order valence-electron chi connectivity index (χ2n) is 3.48. The summed E-state index contributed by atoms with van der Waals surface area (Å²) in [5.41, 5.74) is 1.61. The maximum atomic E-state index is 10.9. The van der Waals surface area contributed by atoms with Gasteiger partial charge in [0.25, 0.3) is 10.1 Å². The molecule has 0 fully saturated rings. The Hall–Kier alpha value is -1.36. The number of benzene rings is 2. The van der Waals surface area contributed by atoms with Gasteiger partial charge >= 0.3 is 0 Å². The zero-order valence-corrected chi connectivity index (χ0v) is 10.2. The van der Waals surface area contributed by atoms with Crippen LogP contribution in [0.4, 0.5) is 0 Å². The van der Waals surface area contributed by atoms with Crippen LogP contribution in [0.15, 0.2) is 53.4 Å². The fourth-order valence-electron chi connectivity index (χ4n) is 1.50. The van der Waals surface area contributed by atoms with Crippen molar-refractivity contribution in [1.82, 2.24) is 0 Å². The zero-order chi connectivity index (χ0) is 12.5. The molecule has 0 spiro atoms. The van der Waals surface area contributed by atoms with Crippen molar-refractivity contribution in [2.24, 2.45) is 0 Å².